The molecule has 5 nitrogen and oxygen atoms in total. The second-order valence-corrected chi connectivity index (χ2v) is 5.66. The Morgan fingerprint density at radius 3 is 2.55 bits per heavy atom. The van der Waals surface area contributed by atoms with Crippen LogP contribution in [0, 0.1) is 14.1 Å². The SMILES string of the molecule is O=[N+]([O-])c1ccc(-c2c(O)ccc3oc(=S)sc23)cc1. The smallest absolute Gasteiger partial charge is 0.269 e. The summed E-state index contributed by atoms with van der Waals surface area (Å²) in [5.74, 6) is 0.0819. The zero-order valence-corrected chi connectivity index (χ0v) is 11.5. The van der Waals surface area contributed by atoms with E-state index in [1.165, 1.54) is 29.5 Å². The number of rotatable bonds is 2. The van der Waals surface area contributed by atoms with Crippen molar-refractivity contribution in [3.05, 3.63) is 50.5 Å². The molecule has 0 atom stereocenters. The van der Waals surface area contributed by atoms with E-state index in [4.69, 9.17) is 16.6 Å². The van der Waals surface area contributed by atoms with Crippen LogP contribution in [0.1, 0.15) is 0 Å². The Balaban J connectivity index is 2.25. The molecule has 20 heavy (non-hydrogen) atoms. The fraction of sp³-hybridized carbons (Fsp3) is 0. The zero-order valence-electron chi connectivity index (χ0n) is 9.90. The van der Waals surface area contributed by atoms with E-state index in [1.807, 2.05) is 0 Å². The highest BCUT2D eigenvalue weighted by atomic mass is 32.1. The molecule has 1 heterocycles. The second kappa shape index (κ2) is 4.69. The zero-order chi connectivity index (χ0) is 14.3. The van der Waals surface area contributed by atoms with E-state index in [1.54, 1.807) is 18.2 Å². The average molecular weight is 305 g/mol. The monoisotopic (exact) mass is 305 g/mol. The van der Waals surface area contributed by atoms with Crippen LogP contribution in [-0.4, -0.2) is 10.0 Å². The Bertz CT molecular complexity index is 864. The molecule has 0 unspecified atom stereocenters. The van der Waals surface area contributed by atoms with Crippen LogP contribution in [0.5, 0.6) is 5.75 Å². The number of non-ortho nitro benzene ring substituents is 1. The van der Waals surface area contributed by atoms with Gasteiger partial charge in [0.2, 0.25) is 4.02 Å². The minimum atomic E-state index is -0.466. The molecule has 0 saturated heterocycles. The lowest BCUT2D eigenvalue weighted by Gasteiger charge is -2.05. The summed E-state index contributed by atoms with van der Waals surface area (Å²) in [6.07, 6.45) is 0. The van der Waals surface area contributed by atoms with Crippen LogP contribution in [0.15, 0.2) is 40.8 Å². The maximum absolute atomic E-state index is 10.7. The molecule has 100 valence electrons. The second-order valence-electron chi connectivity index (χ2n) is 4.05. The van der Waals surface area contributed by atoms with E-state index >= 15 is 0 Å². The first kappa shape index (κ1) is 12.8. The van der Waals surface area contributed by atoms with Gasteiger partial charge >= 0.3 is 0 Å². The molecule has 0 radical (unpaired) electrons. The first-order valence-corrected chi connectivity index (χ1v) is 6.79. The Kier molecular flexibility index (Phi) is 3.00. The van der Waals surface area contributed by atoms with Gasteiger partial charge in [-0.05, 0) is 42.0 Å². The van der Waals surface area contributed by atoms with Crippen molar-refractivity contribution in [3.63, 3.8) is 0 Å². The number of nitro groups is 1. The Labute approximate surface area is 121 Å². The van der Waals surface area contributed by atoms with Crippen LogP contribution in [0.25, 0.3) is 21.4 Å². The highest BCUT2D eigenvalue weighted by Gasteiger charge is 2.14. The molecular formula is C13H7NO4S2. The molecule has 1 aromatic heterocycles. The predicted octanol–water partition coefficient (Wildman–Crippen LogP) is 4.50. The van der Waals surface area contributed by atoms with Gasteiger partial charge in [0.15, 0.2) is 0 Å². The number of benzene rings is 2. The molecular weight excluding hydrogens is 298 g/mol. The highest BCUT2D eigenvalue weighted by Crippen LogP contribution is 2.40. The van der Waals surface area contributed by atoms with Gasteiger partial charge in [0.25, 0.3) is 5.69 Å². The number of hydrogen-bond acceptors (Lipinski definition) is 6. The van der Waals surface area contributed by atoms with Crippen molar-refractivity contribution in [2.75, 3.05) is 0 Å². The topological polar surface area (TPSA) is 76.5 Å². The number of phenolic OH excluding ortho intramolecular Hbond substituents is 1. The van der Waals surface area contributed by atoms with Crippen molar-refractivity contribution in [1.29, 1.82) is 0 Å². The largest absolute Gasteiger partial charge is 0.507 e. The summed E-state index contributed by atoms with van der Waals surface area (Å²) in [7, 11) is 0. The van der Waals surface area contributed by atoms with Gasteiger partial charge in [-0.15, -0.1) is 0 Å². The molecule has 3 rings (SSSR count). The van der Waals surface area contributed by atoms with Crippen LogP contribution in [0.3, 0.4) is 0 Å². The molecule has 3 aromatic rings. The Morgan fingerprint density at radius 1 is 1.20 bits per heavy atom. The lowest BCUT2D eigenvalue weighted by molar-refractivity contribution is -0.384. The minimum Gasteiger partial charge on any atom is -0.507 e. The molecule has 0 aliphatic carbocycles. The van der Waals surface area contributed by atoms with Crippen molar-refractivity contribution in [2.24, 2.45) is 0 Å². The van der Waals surface area contributed by atoms with Crippen molar-refractivity contribution in [2.45, 2.75) is 0 Å². The van der Waals surface area contributed by atoms with Crippen molar-refractivity contribution in [1.82, 2.24) is 0 Å². The normalized spacial score (nSPS) is 10.8. The minimum absolute atomic E-state index is 0.000222. The molecule has 0 fully saturated rings. The molecule has 0 aliphatic heterocycles. The van der Waals surface area contributed by atoms with Crippen LogP contribution < -0.4 is 0 Å². The summed E-state index contributed by atoms with van der Waals surface area (Å²) >= 11 is 6.25. The third-order valence-electron chi connectivity index (χ3n) is 2.85. The number of nitrogens with zero attached hydrogens (tertiary/aromatic N) is 1. The van der Waals surface area contributed by atoms with Gasteiger partial charge in [0, 0.05) is 17.7 Å². The maximum atomic E-state index is 10.7. The molecule has 0 amide bonds. The molecule has 2 aromatic carbocycles. The summed E-state index contributed by atoms with van der Waals surface area (Å²) in [5.41, 5.74) is 1.83. The van der Waals surface area contributed by atoms with Gasteiger partial charge in [-0.3, -0.25) is 10.1 Å². The van der Waals surface area contributed by atoms with Crippen molar-refractivity contribution in [3.8, 4) is 16.9 Å². The Morgan fingerprint density at radius 2 is 1.90 bits per heavy atom. The van der Waals surface area contributed by atoms with E-state index in [-0.39, 0.29) is 11.4 Å². The summed E-state index contributed by atoms with van der Waals surface area (Å²) in [6, 6.07) is 9.14. The third-order valence-corrected chi connectivity index (χ3v) is 4.04. The molecule has 0 aliphatic rings. The number of phenols is 1. The lowest BCUT2D eigenvalue weighted by Crippen LogP contribution is -1.87. The number of aromatic hydroxyl groups is 1. The van der Waals surface area contributed by atoms with E-state index in [9.17, 15) is 15.2 Å². The van der Waals surface area contributed by atoms with Gasteiger partial charge in [-0.1, -0.05) is 11.3 Å². The van der Waals surface area contributed by atoms with E-state index in [0.29, 0.717) is 20.7 Å². The standard InChI is InChI=1S/C13H7NO4S2/c15-9-5-6-10-12(20-13(19)18-10)11(9)7-1-3-8(4-2-7)14(16)17/h1-6,15H. The van der Waals surface area contributed by atoms with Crippen molar-refractivity contribution >= 4 is 39.5 Å². The Hall–Kier alpha value is -2.25. The molecule has 0 spiro atoms. The predicted molar refractivity (Wildman–Crippen MR) is 78.7 cm³/mol. The fourth-order valence-electron chi connectivity index (χ4n) is 1.96. The summed E-state index contributed by atoms with van der Waals surface area (Å²) in [4.78, 5) is 10.2. The first-order valence-electron chi connectivity index (χ1n) is 5.57. The lowest BCUT2D eigenvalue weighted by atomic mass is 10.0. The quantitative estimate of drug-likeness (QED) is 0.428. The van der Waals surface area contributed by atoms with E-state index in [0.717, 1.165) is 4.70 Å². The van der Waals surface area contributed by atoms with Gasteiger partial charge < -0.3 is 9.52 Å². The first-order chi connectivity index (χ1) is 9.56. The number of fused-ring (bicyclic) bond motifs is 1. The van der Waals surface area contributed by atoms with Crippen LogP contribution >= 0.6 is 23.6 Å². The molecule has 0 saturated carbocycles. The summed E-state index contributed by atoms with van der Waals surface area (Å²) < 4.78 is 6.46. The molecule has 1 N–H and O–H groups in total. The van der Waals surface area contributed by atoms with Gasteiger partial charge in [-0.25, -0.2) is 0 Å². The summed E-state index contributed by atoms with van der Waals surface area (Å²) in [5, 5.41) is 20.7. The third kappa shape index (κ3) is 2.06. The molecule has 7 heteroatoms. The number of hydrogen-bond donors (Lipinski definition) is 1. The van der Waals surface area contributed by atoms with Gasteiger partial charge in [0.05, 0.1) is 9.62 Å². The van der Waals surface area contributed by atoms with Crippen LogP contribution in [0.2, 0.25) is 0 Å². The average Bonchev–Trinajstić information content (AvgIpc) is 2.79. The summed E-state index contributed by atoms with van der Waals surface area (Å²) in [6.45, 7) is 0. The molecule has 0 bridgehead atoms. The number of nitro benzene ring substituents is 1. The highest BCUT2D eigenvalue weighted by molar-refractivity contribution is 7.73. The fourth-order valence-corrected chi connectivity index (χ4v) is 3.13. The van der Waals surface area contributed by atoms with Gasteiger partial charge in [-0.2, -0.15) is 0 Å². The van der Waals surface area contributed by atoms with E-state index in [2.05, 4.69) is 0 Å². The van der Waals surface area contributed by atoms with E-state index < -0.39 is 4.92 Å². The maximum Gasteiger partial charge on any atom is 0.269 e. The van der Waals surface area contributed by atoms with Crippen LogP contribution in [0.4, 0.5) is 5.69 Å². The van der Waals surface area contributed by atoms with Gasteiger partial charge in [0.1, 0.15) is 11.3 Å². The van der Waals surface area contributed by atoms with Crippen LogP contribution in [-0.2, 0) is 0 Å². The van der Waals surface area contributed by atoms with Crippen molar-refractivity contribution < 1.29 is 14.4 Å².